The monoisotopic (exact) mass is 1040 g/mol. The van der Waals surface area contributed by atoms with Crippen LogP contribution in [0.4, 0.5) is 0 Å². The molecule has 0 aromatic heterocycles. The van der Waals surface area contributed by atoms with E-state index in [0.29, 0.717) is 31.4 Å². The van der Waals surface area contributed by atoms with Crippen molar-refractivity contribution in [2.45, 2.75) is 188 Å². The lowest BCUT2D eigenvalue weighted by molar-refractivity contribution is -0.142. The van der Waals surface area contributed by atoms with Gasteiger partial charge in [-0.3, -0.25) is 43.2 Å². The van der Waals surface area contributed by atoms with E-state index in [2.05, 4.69) is 42.5 Å². The largest absolute Gasteiger partial charge is 0.480 e. The summed E-state index contributed by atoms with van der Waals surface area (Å²) in [5.41, 5.74) is 17.6. The van der Waals surface area contributed by atoms with Crippen molar-refractivity contribution in [3.05, 3.63) is 35.9 Å². The molecule has 9 amide bonds. The Kier molecular flexibility index (Phi) is 30.6. The molecule has 15 N–H and O–H groups in total. The fraction of sp³-hybridized carbons (Fsp3) is 0.692. The van der Waals surface area contributed by atoms with Crippen molar-refractivity contribution in [2.75, 3.05) is 13.1 Å². The molecule has 74 heavy (non-hydrogen) atoms. The van der Waals surface area contributed by atoms with E-state index in [4.69, 9.17) is 17.2 Å². The Labute approximate surface area is 437 Å². The van der Waals surface area contributed by atoms with Crippen molar-refractivity contribution in [3.8, 4) is 0 Å². The van der Waals surface area contributed by atoms with Gasteiger partial charge < -0.3 is 64.8 Å². The third-order valence-corrected chi connectivity index (χ3v) is 12.1. The zero-order chi connectivity index (χ0) is 56.2. The molecule has 1 aromatic carbocycles. The Bertz CT molecular complexity index is 1990. The standard InChI is InChI=1S/C52H89N11O11/c1-11-33(10)44(63-45(66)35(54)20-21-42(55)64)51(72)61-39(25-31(6)7)48(69)58-36(19-15-16-22-53)46(67)56-28-43(65)57-37(23-29(2)3)47(68)59-38(24-30(4)5)49(70)60-40(27-34-17-13-12-14-18-34)50(71)62-41(52(73)74)26-32(8)9/h12-14,17-18,29-33,35-41,44H,11,15-16,19-28,53-54H2,1-10H3,(H2,55,64)(H,56,67)(H,57,65)(H,58,69)(H,59,68)(H,60,70)(H,61,72)(H,62,71)(H,63,66)(H,73,74)/t33-,35-,36-,37-,38-,39-,40-,41-,44-/m0/s1. The van der Waals surface area contributed by atoms with Crippen molar-refractivity contribution in [1.82, 2.24) is 42.5 Å². The van der Waals surface area contributed by atoms with Crippen LogP contribution in [0.5, 0.6) is 0 Å². The number of amides is 9. The Morgan fingerprint density at radius 2 is 0.973 bits per heavy atom. The Hall–Kier alpha value is -6.16. The first-order valence-electron chi connectivity index (χ1n) is 26.1. The number of carboxylic acid groups (broad SMARTS) is 1. The molecule has 1 aromatic rings. The van der Waals surface area contributed by atoms with Gasteiger partial charge in [-0.05, 0) is 93.1 Å². The van der Waals surface area contributed by atoms with Gasteiger partial charge in [-0.1, -0.05) is 106 Å². The summed E-state index contributed by atoms with van der Waals surface area (Å²) in [5, 5.41) is 31.2. The molecule has 0 unspecified atom stereocenters. The summed E-state index contributed by atoms with van der Waals surface area (Å²) >= 11 is 0. The fourth-order valence-electron chi connectivity index (χ4n) is 7.90. The highest BCUT2D eigenvalue weighted by Gasteiger charge is 2.35. The number of primary amides is 1. The van der Waals surface area contributed by atoms with E-state index in [1.807, 2.05) is 62.3 Å². The molecule has 0 saturated heterocycles. The molecule has 0 fully saturated rings. The predicted molar refractivity (Wildman–Crippen MR) is 281 cm³/mol. The molecule has 22 nitrogen and oxygen atoms in total. The number of rotatable bonds is 36. The van der Waals surface area contributed by atoms with Crippen molar-refractivity contribution < 1.29 is 53.1 Å². The van der Waals surface area contributed by atoms with Crippen LogP contribution in [-0.2, 0) is 54.4 Å². The SMILES string of the molecule is CC[C@H](C)[C@H](NC(=O)[C@@H](N)CCC(N)=O)C(=O)N[C@@H](CC(C)C)C(=O)N[C@@H](CCCCN)C(=O)NCC(=O)N[C@@H](CC(C)C)C(=O)N[C@@H](CC(C)C)C(=O)N[C@@H](Cc1ccccc1)C(=O)N[C@@H](CC(C)C)C(=O)O. The second-order valence-corrected chi connectivity index (χ2v) is 21.0. The van der Waals surface area contributed by atoms with Gasteiger partial charge >= 0.3 is 5.97 Å². The maximum absolute atomic E-state index is 14.1. The molecule has 0 bridgehead atoms. The Morgan fingerprint density at radius 3 is 1.45 bits per heavy atom. The van der Waals surface area contributed by atoms with E-state index in [-0.39, 0.29) is 75.0 Å². The van der Waals surface area contributed by atoms with Gasteiger partial charge in [0.2, 0.25) is 53.2 Å². The summed E-state index contributed by atoms with van der Waals surface area (Å²) in [7, 11) is 0. The number of unbranched alkanes of at least 4 members (excludes halogenated alkanes) is 1. The molecular formula is C52H89N11O11. The van der Waals surface area contributed by atoms with Gasteiger partial charge in [0.1, 0.15) is 42.3 Å². The molecular weight excluding hydrogens is 955 g/mol. The molecule has 9 atom stereocenters. The molecule has 0 aliphatic rings. The van der Waals surface area contributed by atoms with Gasteiger partial charge in [0.15, 0.2) is 0 Å². The van der Waals surface area contributed by atoms with Crippen LogP contribution in [0.2, 0.25) is 0 Å². The number of nitrogens with one attached hydrogen (secondary N) is 8. The van der Waals surface area contributed by atoms with Crippen LogP contribution in [0.15, 0.2) is 30.3 Å². The van der Waals surface area contributed by atoms with Crippen molar-refractivity contribution in [2.24, 2.45) is 46.8 Å². The first kappa shape index (κ1) is 65.9. The molecule has 0 spiro atoms. The van der Waals surface area contributed by atoms with E-state index >= 15 is 0 Å². The van der Waals surface area contributed by atoms with Gasteiger partial charge in [-0.2, -0.15) is 0 Å². The molecule has 0 aliphatic carbocycles. The van der Waals surface area contributed by atoms with Crippen LogP contribution >= 0.6 is 0 Å². The number of benzene rings is 1. The van der Waals surface area contributed by atoms with E-state index < -0.39 is 120 Å². The van der Waals surface area contributed by atoms with Crippen LogP contribution in [0.25, 0.3) is 0 Å². The first-order valence-corrected chi connectivity index (χ1v) is 26.1. The van der Waals surface area contributed by atoms with Gasteiger partial charge in [-0.15, -0.1) is 0 Å². The highest BCUT2D eigenvalue weighted by Crippen LogP contribution is 2.15. The lowest BCUT2D eigenvalue weighted by atomic mass is 9.96. The topological polar surface area (TPSA) is 365 Å². The Morgan fingerprint density at radius 1 is 0.527 bits per heavy atom. The zero-order valence-electron chi connectivity index (χ0n) is 45.3. The van der Waals surface area contributed by atoms with Crippen LogP contribution < -0.4 is 59.7 Å². The van der Waals surface area contributed by atoms with E-state index in [9.17, 15) is 53.1 Å². The summed E-state index contributed by atoms with van der Waals surface area (Å²) < 4.78 is 0. The second kappa shape index (κ2) is 34.4. The molecule has 418 valence electrons. The van der Waals surface area contributed by atoms with Gasteiger partial charge in [0.05, 0.1) is 12.6 Å². The van der Waals surface area contributed by atoms with Crippen molar-refractivity contribution >= 4 is 59.1 Å². The molecule has 0 radical (unpaired) electrons. The summed E-state index contributed by atoms with van der Waals surface area (Å²) in [4.78, 5) is 133. The number of hydrogen-bond acceptors (Lipinski definition) is 12. The van der Waals surface area contributed by atoms with Gasteiger partial charge in [-0.25, -0.2) is 4.79 Å². The number of carbonyl (C=O) groups excluding carboxylic acids is 9. The lowest BCUT2D eigenvalue weighted by Crippen LogP contribution is -2.59. The van der Waals surface area contributed by atoms with Crippen LogP contribution in [0, 0.1) is 29.6 Å². The summed E-state index contributed by atoms with van der Waals surface area (Å²) in [6, 6.07) is -0.450. The molecule has 1 rings (SSSR count). The third kappa shape index (κ3) is 26.2. The predicted octanol–water partition coefficient (Wildman–Crippen LogP) is 0.776. The smallest absolute Gasteiger partial charge is 0.326 e. The molecule has 0 saturated carbocycles. The highest BCUT2D eigenvalue weighted by atomic mass is 16.4. The molecule has 22 heteroatoms. The molecule has 0 heterocycles. The maximum atomic E-state index is 14.1. The first-order chi connectivity index (χ1) is 34.7. The Balaban J connectivity index is 3.30. The van der Waals surface area contributed by atoms with Gasteiger partial charge in [0.25, 0.3) is 0 Å². The van der Waals surface area contributed by atoms with Gasteiger partial charge in [0, 0.05) is 12.8 Å². The van der Waals surface area contributed by atoms with Crippen LogP contribution in [-0.4, -0.2) is 126 Å². The quantitative estimate of drug-likeness (QED) is 0.0414. The van der Waals surface area contributed by atoms with E-state index in [1.165, 1.54) is 0 Å². The summed E-state index contributed by atoms with van der Waals surface area (Å²) in [6.07, 6.45) is 1.98. The maximum Gasteiger partial charge on any atom is 0.326 e. The fourth-order valence-corrected chi connectivity index (χ4v) is 7.90. The highest BCUT2D eigenvalue weighted by molar-refractivity contribution is 5.97. The van der Waals surface area contributed by atoms with Crippen molar-refractivity contribution in [1.29, 1.82) is 0 Å². The average Bonchev–Trinajstić information content (AvgIpc) is 3.31. The van der Waals surface area contributed by atoms with E-state index in [0.717, 1.165) is 0 Å². The second-order valence-electron chi connectivity index (χ2n) is 21.0. The van der Waals surface area contributed by atoms with E-state index in [1.54, 1.807) is 37.3 Å². The normalized spacial score (nSPS) is 15.0. The number of carbonyl (C=O) groups is 10. The van der Waals surface area contributed by atoms with Crippen molar-refractivity contribution in [3.63, 3.8) is 0 Å². The minimum Gasteiger partial charge on any atom is -0.480 e. The number of aliphatic carboxylic acids is 1. The number of nitrogens with two attached hydrogens (primary N) is 3. The summed E-state index contributed by atoms with van der Waals surface area (Å²) in [5.74, 6) is -8.26. The lowest BCUT2D eigenvalue weighted by Gasteiger charge is -2.29. The molecule has 0 aliphatic heterocycles. The zero-order valence-corrected chi connectivity index (χ0v) is 45.3. The number of carboxylic acids is 1. The minimum absolute atomic E-state index is 0.0253. The minimum atomic E-state index is -1.22. The number of hydrogen-bond donors (Lipinski definition) is 12. The average molecular weight is 1040 g/mol. The summed E-state index contributed by atoms with van der Waals surface area (Å²) in [6.45, 7) is 17.9. The van der Waals surface area contributed by atoms with Crippen LogP contribution in [0.1, 0.15) is 139 Å². The van der Waals surface area contributed by atoms with Crippen LogP contribution in [0.3, 0.4) is 0 Å². The third-order valence-electron chi connectivity index (χ3n) is 12.1.